The molecular weight excluding hydrogens is 340 g/mol. The van der Waals surface area contributed by atoms with Crippen LogP contribution in [0, 0.1) is 11.8 Å². The van der Waals surface area contributed by atoms with Gasteiger partial charge in [-0.3, -0.25) is 9.59 Å². The Kier molecular flexibility index (Phi) is 5.87. The minimum absolute atomic E-state index is 0.00159. The van der Waals surface area contributed by atoms with Crippen molar-refractivity contribution in [3.63, 3.8) is 0 Å². The standard InChI is InChI=1S/C18H26N2O4S/c1-13(2)11-19(12-14(3)4)17(21)9-10-20-18(22)15-7-5-6-8-16(15)25(20,23)24/h5-8,13-14H,9-12H2,1-4H3. The largest absolute Gasteiger partial charge is 0.342 e. The van der Waals surface area contributed by atoms with Crippen LogP contribution in [0.25, 0.3) is 0 Å². The van der Waals surface area contributed by atoms with Gasteiger partial charge < -0.3 is 4.90 Å². The molecule has 0 radical (unpaired) electrons. The third-order valence-corrected chi connectivity index (χ3v) is 5.81. The summed E-state index contributed by atoms with van der Waals surface area (Å²) < 4.78 is 25.8. The summed E-state index contributed by atoms with van der Waals surface area (Å²) in [6.45, 7) is 9.26. The highest BCUT2D eigenvalue weighted by Crippen LogP contribution is 2.29. The van der Waals surface area contributed by atoms with Gasteiger partial charge in [-0.2, -0.15) is 0 Å². The van der Waals surface area contributed by atoms with Crippen molar-refractivity contribution in [2.75, 3.05) is 19.6 Å². The van der Waals surface area contributed by atoms with E-state index in [1.165, 1.54) is 12.1 Å². The number of carbonyl (C=O) groups is 2. The van der Waals surface area contributed by atoms with Gasteiger partial charge in [-0.15, -0.1) is 0 Å². The van der Waals surface area contributed by atoms with Gasteiger partial charge in [0.1, 0.15) is 4.90 Å². The van der Waals surface area contributed by atoms with Gasteiger partial charge in [0.25, 0.3) is 15.9 Å². The molecule has 0 atom stereocenters. The van der Waals surface area contributed by atoms with Crippen LogP contribution in [0.2, 0.25) is 0 Å². The molecule has 0 saturated carbocycles. The Labute approximate surface area is 149 Å². The van der Waals surface area contributed by atoms with E-state index in [4.69, 9.17) is 0 Å². The first kappa shape index (κ1) is 19.4. The molecule has 0 fully saturated rings. The highest BCUT2D eigenvalue weighted by molar-refractivity contribution is 7.90. The van der Waals surface area contributed by atoms with Crippen molar-refractivity contribution >= 4 is 21.8 Å². The quantitative estimate of drug-likeness (QED) is 0.742. The summed E-state index contributed by atoms with van der Waals surface area (Å²) in [5, 5.41) is 0. The zero-order valence-corrected chi connectivity index (χ0v) is 16.0. The van der Waals surface area contributed by atoms with Crippen molar-refractivity contribution in [3.8, 4) is 0 Å². The van der Waals surface area contributed by atoms with Gasteiger partial charge in [-0.05, 0) is 24.0 Å². The molecule has 1 aromatic carbocycles. The fourth-order valence-corrected chi connectivity index (χ4v) is 4.54. The van der Waals surface area contributed by atoms with Gasteiger partial charge in [-0.25, -0.2) is 12.7 Å². The lowest BCUT2D eigenvalue weighted by atomic mass is 10.1. The van der Waals surface area contributed by atoms with Gasteiger partial charge in [0.15, 0.2) is 0 Å². The average Bonchev–Trinajstić information content (AvgIpc) is 2.71. The molecule has 1 aliphatic heterocycles. The van der Waals surface area contributed by atoms with Crippen LogP contribution in [-0.4, -0.2) is 49.1 Å². The van der Waals surface area contributed by atoms with Crippen molar-refractivity contribution < 1.29 is 18.0 Å². The average molecular weight is 366 g/mol. The van der Waals surface area contributed by atoms with Crippen LogP contribution in [-0.2, 0) is 14.8 Å². The van der Waals surface area contributed by atoms with Crippen molar-refractivity contribution in [2.24, 2.45) is 11.8 Å². The zero-order valence-electron chi connectivity index (χ0n) is 15.2. The lowest BCUT2D eigenvalue weighted by Gasteiger charge is -2.27. The maximum absolute atomic E-state index is 12.6. The third-order valence-electron chi connectivity index (χ3n) is 3.96. The molecule has 0 N–H and O–H groups in total. The number of fused-ring (bicyclic) bond motifs is 1. The monoisotopic (exact) mass is 366 g/mol. The summed E-state index contributed by atoms with van der Waals surface area (Å²) in [6, 6.07) is 6.15. The molecule has 0 spiro atoms. The van der Waals surface area contributed by atoms with Crippen LogP contribution in [0.3, 0.4) is 0 Å². The van der Waals surface area contributed by atoms with Gasteiger partial charge >= 0.3 is 0 Å². The number of amides is 2. The molecule has 0 aromatic heterocycles. The van der Waals surface area contributed by atoms with E-state index in [2.05, 4.69) is 0 Å². The lowest BCUT2D eigenvalue weighted by Crippen LogP contribution is -2.40. The van der Waals surface area contributed by atoms with Gasteiger partial charge in [0, 0.05) is 26.1 Å². The third kappa shape index (κ3) is 4.21. The Bertz CT molecular complexity index is 746. The number of hydrogen-bond donors (Lipinski definition) is 0. The Balaban J connectivity index is 2.10. The molecule has 0 bridgehead atoms. The number of sulfonamides is 1. The van der Waals surface area contributed by atoms with E-state index in [1.807, 2.05) is 27.7 Å². The van der Waals surface area contributed by atoms with Crippen LogP contribution in [0.4, 0.5) is 0 Å². The summed E-state index contributed by atoms with van der Waals surface area (Å²) in [7, 11) is -3.85. The van der Waals surface area contributed by atoms with E-state index in [1.54, 1.807) is 17.0 Å². The first-order valence-corrected chi connectivity index (χ1v) is 10.0. The van der Waals surface area contributed by atoms with Gasteiger partial charge in [0.2, 0.25) is 5.91 Å². The second-order valence-corrected chi connectivity index (χ2v) is 9.05. The Morgan fingerprint density at radius 2 is 1.64 bits per heavy atom. The fourth-order valence-electron chi connectivity index (χ4n) is 2.97. The van der Waals surface area contributed by atoms with Crippen molar-refractivity contribution in [1.82, 2.24) is 9.21 Å². The topological polar surface area (TPSA) is 74.8 Å². The zero-order chi connectivity index (χ0) is 18.8. The Morgan fingerprint density at radius 3 is 2.16 bits per heavy atom. The van der Waals surface area contributed by atoms with E-state index < -0.39 is 15.9 Å². The molecule has 0 unspecified atom stereocenters. The molecule has 138 valence electrons. The predicted octanol–water partition coefficient (Wildman–Crippen LogP) is 2.36. The molecule has 2 rings (SSSR count). The van der Waals surface area contributed by atoms with Crippen LogP contribution in [0.5, 0.6) is 0 Å². The van der Waals surface area contributed by atoms with E-state index in [-0.39, 0.29) is 29.3 Å². The summed E-state index contributed by atoms with van der Waals surface area (Å²) in [5.74, 6) is -0.0303. The van der Waals surface area contributed by atoms with E-state index in [0.29, 0.717) is 24.9 Å². The smallest absolute Gasteiger partial charge is 0.269 e. The predicted molar refractivity (Wildman–Crippen MR) is 95.5 cm³/mol. The van der Waals surface area contributed by atoms with Gasteiger partial charge in [0.05, 0.1) is 5.56 Å². The number of benzene rings is 1. The number of nitrogens with zero attached hydrogens (tertiary/aromatic N) is 2. The van der Waals surface area contributed by atoms with Crippen LogP contribution >= 0.6 is 0 Å². The number of carbonyl (C=O) groups excluding carboxylic acids is 2. The minimum Gasteiger partial charge on any atom is -0.342 e. The van der Waals surface area contributed by atoms with E-state index in [9.17, 15) is 18.0 Å². The van der Waals surface area contributed by atoms with Gasteiger partial charge in [-0.1, -0.05) is 39.8 Å². The molecule has 0 aliphatic carbocycles. The molecule has 7 heteroatoms. The highest BCUT2D eigenvalue weighted by atomic mass is 32.2. The summed E-state index contributed by atoms with van der Waals surface area (Å²) in [6.07, 6.45) is -0.00159. The maximum Gasteiger partial charge on any atom is 0.269 e. The molecular formula is C18H26N2O4S. The van der Waals surface area contributed by atoms with Crippen LogP contribution in [0.1, 0.15) is 44.5 Å². The molecule has 1 aliphatic rings. The molecule has 0 saturated heterocycles. The minimum atomic E-state index is -3.85. The second-order valence-electron chi connectivity index (χ2n) is 7.21. The summed E-state index contributed by atoms with van der Waals surface area (Å²) in [5.41, 5.74) is 0.177. The lowest BCUT2D eigenvalue weighted by molar-refractivity contribution is -0.132. The second kappa shape index (κ2) is 7.56. The number of hydrogen-bond acceptors (Lipinski definition) is 4. The SMILES string of the molecule is CC(C)CN(CC(C)C)C(=O)CCN1C(=O)c2ccccc2S1(=O)=O. The maximum atomic E-state index is 12.6. The molecule has 2 amide bonds. The van der Waals surface area contributed by atoms with Crippen LogP contribution in [0.15, 0.2) is 29.2 Å². The molecule has 6 nitrogen and oxygen atoms in total. The summed E-state index contributed by atoms with van der Waals surface area (Å²) in [4.78, 5) is 26.7. The van der Waals surface area contributed by atoms with Crippen molar-refractivity contribution in [3.05, 3.63) is 29.8 Å². The van der Waals surface area contributed by atoms with Crippen molar-refractivity contribution in [2.45, 2.75) is 39.0 Å². The van der Waals surface area contributed by atoms with E-state index >= 15 is 0 Å². The first-order chi connectivity index (χ1) is 11.6. The molecule has 1 heterocycles. The van der Waals surface area contributed by atoms with E-state index in [0.717, 1.165) is 4.31 Å². The molecule has 1 aromatic rings. The normalized spacial score (nSPS) is 15.8. The number of rotatable bonds is 7. The van der Waals surface area contributed by atoms with Crippen LogP contribution < -0.4 is 0 Å². The highest BCUT2D eigenvalue weighted by Gasteiger charge is 2.40. The Morgan fingerprint density at radius 1 is 1.08 bits per heavy atom. The Hall–Kier alpha value is -1.89. The summed E-state index contributed by atoms with van der Waals surface area (Å²) >= 11 is 0. The van der Waals surface area contributed by atoms with Crippen molar-refractivity contribution in [1.29, 1.82) is 0 Å². The molecule has 25 heavy (non-hydrogen) atoms. The fraction of sp³-hybridized carbons (Fsp3) is 0.556. The first-order valence-electron chi connectivity index (χ1n) is 8.58.